The van der Waals surface area contributed by atoms with E-state index in [1.54, 1.807) is 0 Å². The summed E-state index contributed by atoms with van der Waals surface area (Å²) in [5.74, 6) is 2.54. The molecule has 2 aromatic carbocycles. The third kappa shape index (κ3) is 6.81. The molecule has 0 radical (unpaired) electrons. The lowest BCUT2D eigenvalue weighted by Gasteiger charge is -2.27. The first-order valence-corrected chi connectivity index (χ1v) is 11.8. The molecule has 2 atom stereocenters. The van der Waals surface area contributed by atoms with Crippen molar-refractivity contribution in [2.75, 3.05) is 38.7 Å². The fourth-order valence-electron chi connectivity index (χ4n) is 3.58. The maximum Gasteiger partial charge on any atom is 0.119 e. The van der Waals surface area contributed by atoms with Gasteiger partial charge in [0.25, 0.3) is 0 Å². The summed E-state index contributed by atoms with van der Waals surface area (Å²) in [6, 6.07) is 16.4. The number of nitrogens with one attached hydrogen (secondary N) is 1. The summed E-state index contributed by atoms with van der Waals surface area (Å²) in [7, 11) is 0. The third-order valence-electron chi connectivity index (χ3n) is 5.78. The predicted octanol–water partition coefficient (Wildman–Crippen LogP) is 4.38. The fourth-order valence-corrected chi connectivity index (χ4v) is 3.67. The van der Waals surface area contributed by atoms with E-state index in [1.807, 2.05) is 36.7 Å². The second kappa shape index (κ2) is 11.5. The molecule has 174 valence electrons. The lowest BCUT2D eigenvalue weighted by molar-refractivity contribution is 0.0810. The molecule has 0 unspecified atom stereocenters. The van der Waals surface area contributed by atoms with Gasteiger partial charge in [0.05, 0.1) is 6.61 Å². The number of β-amino-alcohol motifs (C(OH)–C–C–N with tert-alkyl or cyclic N) is 1. The number of ether oxygens (including phenoxy) is 2. The average molecular weight is 459 g/mol. The second-order valence-corrected chi connectivity index (χ2v) is 9.28. The minimum absolute atomic E-state index is 0.158. The van der Waals surface area contributed by atoms with Crippen LogP contribution in [0.3, 0.4) is 0 Å². The van der Waals surface area contributed by atoms with Crippen LogP contribution in [0.2, 0.25) is 0 Å². The molecule has 0 saturated heterocycles. The molecule has 2 aromatic rings. The van der Waals surface area contributed by atoms with Crippen LogP contribution in [0.5, 0.6) is 11.5 Å². The number of aliphatic hydroxyl groups excluding tert-OH is 1. The Kier molecular flexibility index (Phi) is 8.71. The van der Waals surface area contributed by atoms with Crippen LogP contribution >= 0.6 is 11.6 Å². The molecule has 2 N–H and O–H groups in total. The van der Waals surface area contributed by atoms with Crippen molar-refractivity contribution in [3.63, 3.8) is 0 Å². The Hall–Kier alpha value is -2.37. The van der Waals surface area contributed by atoms with Gasteiger partial charge in [0, 0.05) is 49.2 Å². The van der Waals surface area contributed by atoms with E-state index in [2.05, 4.69) is 55.3 Å². The predicted molar refractivity (Wildman–Crippen MR) is 131 cm³/mol. The van der Waals surface area contributed by atoms with Gasteiger partial charge in [-0.2, -0.15) is 0 Å². The van der Waals surface area contributed by atoms with Gasteiger partial charge < -0.3 is 24.8 Å². The Morgan fingerprint density at radius 3 is 2.06 bits per heavy atom. The van der Waals surface area contributed by atoms with Crippen molar-refractivity contribution in [2.45, 2.75) is 32.3 Å². The maximum atomic E-state index is 10.3. The fraction of sp³-hybridized carbons (Fsp3) is 0.462. The van der Waals surface area contributed by atoms with Gasteiger partial charge in [-0.15, -0.1) is 11.6 Å². The van der Waals surface area contributed by atoms with Gasteiger partial charge in [0.2, 0.25) is 0 Å². The third-order valence-corrected chi connectivity index (χ3v) is 6.31. The first-order chi connectivity index (χ1) is 15.4. The van der Waals surface area contributed by atoms with Crippen molar-refractivity contribution >= 4 is 11.6 Å². The number of benzene rings is 2. The van der Waals surface area contributed by atoms with E-state index in [4.69, 9.17) is 21.1 Å². The molecule has 0 bridgehead atoms. The minimum Gasteiger partial charge on any atom is -0.493 e. The summed E-state index contributed by atoms with van der Waals surface area (Å²) in [6.45, 7) is 9.72. The van der Waals surface area contributed by atoms with Crippen molar-refractivity contribution < 1.29 is 14.6 Å². The Morgan fingerprint density at radius 1 is 1.00 bits per heavy atom. The molecule has 0 saturated carbocycles. The number of halogens is 1. The molecule has 0 aromatic heterocycles. The molecule has 3 rings (SSSR count). The van der Waals surface area contributed by atoms with E-state index in [0.29, 0.717) is 24.9 Å². The highest BCUT2D eigenvalue weighted by atomic mass is 35.5. The lowest BCUT2D eigenvalue weighted by Crippen LogP contribution is -2.38. The molecule has 0 aliphatic carbocycles. The van der Waals surface area contributed by atoms with E-state index < -0.39 is 6.10 Å². The zero-order chi connectivity index (χ0) is 23.0. The van der Waals surface area contributed by atoms with E-state index in [1.165, 1.54) is 11.1 Å². The van der Waals surface area contributed by atoms with E-state index in [0.717, 1.165) is 24.6 Å². The number of aliphatic hydroxyl groups is 1. The van der Waals surface area contributed by atoms with Crippen molar-refractivity contribution in [1.29, 1.82) is 0 Å². The Labute approximate surface area is 197 Å². The topological polar surface area (TPSA) is 54.0 Å². The van der Waals surface area contributed by atoms with Crippen LogP contribution in [0.4, 0.5) is 0 Å². The highest BCUT2D eigenvalue weighted by molar-refractivity contribution is 6.18. The molecular weight excluding hydrogens is 424 g/mol. The van der Waals surface area contributed by atoms with Crippen LogP contribution < -0.4 is 14.8 Å². The van der Waals surface area contributed by atoms with Crippen LogP contribution in [0.15, 0.2) is 60.9 Å². The Morgan fingerprint density at radius 2 is 1.56 bits per heavy atom. The molecule has 0 spiro atoms. The van der Waals surface area contributed by atoms with Gasteiger partial charge in [-0.05, 0) is 35.4 Å². The SMILES string of the molecule is C[C@@H](CCl)COc1ccc(C(C)(C)c2ccc(OC[C@@H](O)CN3C=CNCC3)cc2)cc1. The smallest absolute Gasteiger partial charge is 0.119 e. The molecule has 1 aliphatic heterocycles. The van der Waals surface area contributed by atoms with Gasteiger partial charge in [0.15, 0.2) is 0 Å². The second-order valence-electron chi connectivity index (χ2n) is 8.97. The lowest BCUT2D eigenvalue weighted by atomic mass is 9.78. The maximum absolute atomic E-state index is 10.3. The van der Waals surface area contributed by atoms with Crippen molar-refractivity contribution in [1.82, 2.24) is 10.2 Å². The van der Waals surface area contributed by atoms with Gasteiger partial charge >= 0.3 is 0 Å². The zero-order valence-electron chi connectivity index (χ0n) is 19.3. The summed E-state index contributed by atoms with van der Waals surface area (Å²) in [5.41, 5.74) is 2.25. The summed E-state index contributed by atoms with van der Waals surface area (Å²) < 4.78 is 11.6. The zero-order valence-corrected chi connectivity index (χ0v) is 20.0. The molecule has 0 amide bonds. The molecular formula is C26H35ClN2O3. The molecule has 1 aliphatic rings. The highest BCUT2D eigenvalue weighted by Crippen LogP contribution is 2.33. The van der Waals surface area contributed by atoms with Crippen molar-refractivity contribution in [2.24, 2.45) is 5.92 Å². The first-order valence-electron chi connectivity index (χ1n) is 11.2. The van der Waals surface area contributed by atoms with E-state index >= 15 is 0 Å². The molecule has 1 heterocycles. The van der Waals surface area contributed by atoms with Gasteiger partial charge in [-0.3, -0.25) is 0 Å². The molecule has 5 nitrogen and oxygen atoms in total. The van der Waals surface area contributed by atoms with Crippen LogP contribution in [-0.4, -0.2) is 54.8 Å². The molecule has 0 fully saturated rings. The molecule has 6 heteroatoms. The summed E-state index contributed by atoms with van der Waals surface area (Å²) in [6.07, 6.45) is 3.32. The summed E-state index contributed by atoms with van der Waals surface area (Å²) >= 11 is 5.85. The normalized spacial score (nSPS) is 15.7. The van der Waals surface area contributed by atoms with Gasteiger partial charge in [0.1, 0.15) is 24.2 Å². The quantitative estimate of drug-likeness (QED) is 0.489. The average Bonchev–Trinajstić information content (AvgIpc) is 2.82. The number of hydrogen-bond acceptors (Lipinski definition) is 5. The van der Waals surface area contributed by atoms with Gasteiger partial charge in [-0.25, -0.2) is 0 Å². The number of rotatable bonds is 11. The van der Waals surface area contributed by atoms with Crippen LogP contribution in [0.1, 0.15) is 31.9 Å². The van der Waals surface area contributed by atoms with E-state index in [-0.39, 0.29) is 12.0 Å². The van der Waals surface area contributed by atoms with Crippen LogP contribution in [0.25, 0.3) is 0 Å². The monoisotopic (exact) mass is 458 g/mol. The Balaban J connectivity index is 1.54. The van der Waals surface area contributed by atoms with E-state index in [9.17, 15) is 5.11 Å². The molecule has 32 heavy (non-hydrogen) atoms. The van der Waals surface area contributed by atoms with Crippen molar-refractivity contribution in [3.05, 3.63) is 72.1 Å². The summed E-state index contributed by atoms with van der Waals surface area (Å²) in [5, 5.41) is 13.4. The first kappa shape index (κ1) is 24.3. The summed E-state index contributed by atoms with van der Waals surface area (Å²) in [4.78, 5) is 2.09. The largest absolute Gasteiger partial charge is 0.493 e. The number of nitrogens with zero attached hydrogens (tertiary/aromatic N) is 1. The Bertz CT molecular complexity index is 852. The van der Waals surface area contributed by atoms with Gasteiger partial charge in [-0.1, -0.05) is 45.0 Å². The van der Waals surface area contributed by atoms with Crippen molar-refractivity contribution in [3.8, 4) is 11.5 Å². The standard InChI is InChI=1S/C26H35ClN2O3/c1-20(16-27)18-31-24-8-4-21(5-9-24)26(2,3)22-6-10-25(11-7-22)32-19-23(30)17-29-14-12-28-13-15-29/h4-12,14,20,23,28,30H,13,15-19H2,1-3H3/t20-,23-/m0/s1. The minimum atomic E-state index is -0.540. The van der Waals surface area contributed by atoms with Crippen LogP contribution in [-0.2, 0) is 5.41 Å². The highest BCUT2D eigenvalue weighted by Gasteiger charge is 2.23. The van der Waals surface area contributed by atoms with Crippen LogP contribution in [0, 0.1) is 5.92 Å². The number of alkyl halides is 1. The number of hydrogen-bond donors (Lipinski definition) is 2.